The van der Waals surface area contributed by atoms with E-state index in [4.69, 9.17) is 0 Å². The first-order chi connectivity index (χ1) is 16.1. The Kier molecular flexibility index (Phi) is 5.11. The normalized spacial score (nSPS) is 14.4. The Hall–Kier alpha value is -3.81. The summed E-state index contributed by atoms with van der Waals surface area (Å²) in [5.41, 5.74) is 2.96. The number of fused-ring (bicyclic) bond motifs is 1. The number of benzene rings is 2. The van der Waals surface area contributed by atoms with Crippen molar-refractivity contribution >= 4 is 16.8 Å². The number of aromatic nitrogens is 2. The van der Waals surface area contributed by atoms with Crippen LogP contribution in [0, 0.1) is 0 Å². The molecular weight excluding hydrogens is 443 g/mol. The van der Waals surface area contributed by atoms with Crippen LogP contribution in [0.15, 0.2) is 71.8 Å². The number of nitrogens with zero attached hydrogens (tertiary/aromatic N) is 3. The van der Waals surface area contributed by atoms with Gasteiger partial charge in [-0.05, 0) is 47.0 Å². The second-order valence-electron chi connectivity index (χ2n) is 8.72. The van der Waals surface area contributed by atoms with Crippen LogP contribution in [0.1, 0.15) is 24.0 Å². The van der Waals surface area contributed by atoms with Gasteiger partial charge in [0.25, 0.3) is 5.56 Å². The standard InChI is InChI=1S/C26H22F3N3O2/c1-16(33)31-13-19(14-31)23-15-30(2)24-12-21(7-8-22(23)24)32-10-9-18(11-25(32)34)17-3-5-20(6-4-17)26(27,28)29/h3-12,15,19H,13-14H2,1-2H3. The average Bonchev–Trinajstić information content (AvgIpc) is 3.07. The Balaban J connectivity index is 1.44. The zero-order valence-electron chi connectivity index (χ0n) is 18.6. The monoisotopic (exact) mass is 465 g/mol. The molecule has 0 atom stereocenters. The number of pyridine rings is 1. The van der Waals surface area contributed by atoms with Gasteiger partial charge in [0.15, 0.2) is 0 Å². The smallest absolute Gasteiger partial charge is 0.350 e. The van der Waals surface area contributed by atoms with E-state index in [2.05, 4.69) is 6.20 Å². The predicted octanol–water partition coefficient (Wildman–Crippen LogP) is 4.96. The fourth-order valence-electron chi connectivity index (χ4n) is 4.53. The van der Waals surface area contributed by atoms with Gasteiger partial charge in [-0.3, -0.25) is 14.2 Å². The lowest BCUT2D eigenvalue weighted by molar-refractivity contribution is -0.137. The van der Waals surface area contributed by atoms with Crippen LogP contribution in [0.4, 0.5) is 13.2 Å². The van der Waals surface area contributed by atoms with Crippen molar-refractivity contribution in [2.24, 2.45) is 7.05 Å². The lowest BCUT2D eigenvalue weighted by Crippen LogP contribution is -2.47. The Morgan fingerprint density at radius 1 is 0.971 bits per heavy atom. The highest BCUT2D eigenvalue weighted by atomic mass is 19.4. The maximum Gasteiger partial charge on any atom is 0.416 e. The number of carbonyl (C=O) groups is 1. The molecule has 0 spiro atoms. The topological polar surface area (TPSA) is 47.2 Å². The first kappa shape index (κ1) is 22.0. The van der Waals surface area contributed by atoms with Crippen LogP contribution >= 0.6 is 0 Å². The number of halogens is 3. The van der Waals surface area contributed by atoms with E-state index >= 15 is 0 Å². The number of amides is 1. The molecule has 34 heavy (non-hydrogen) atoms. The number of rotatable bonds is 3. The Labute approximate surface area is 193 Å². The van der Waals surface area contributed by atoms with Gasteiger partial charge in [-0.1, -0.05) is 18.2 Å². The third-order valence-electron chi connectivity index (χ3n) is 6.52. The molecule has 0 N–H and O–H groups in total. The van der Waals surface area contributed by atoms with E-state index in [-0.39, 0.29) is 11.5 Å². The van der Waals surface area contributed by atoms with E-state index in [0.717, 1.165) is 23.0 Å². The molecule has 1 saturated heterocycles. The summed E-state index contributed by atoms with van der Waals surface area (Å²) < 4.78 is 42.0. The number of hydrogen-bond donors (Lipinski definition) is 0. The second-order valence-corrected chi connectivity index (χ2v) is 8.72. The summed E-state index contributed by atoms with van der Waals surface area (Å²) >= 11 is 0. The molecule has 0 radical (unpaired) electrons. The third kappa shape index (κ3) is 3.79. The van der Waals surface area contributed by atoms with Crippen molar-refractivity contribution in [3.63, 3.8) is 0 Å². The first-order valence-electron chi connectivity index (χ1n) is 10.9. The number of likely N-dealkylation sites (tertiary alicyclic amines) is 1. The van der Waals surface area contributed by atoms with Crippen molar-refractivity contribution in [2.45, 2.75) is 19.0 Å². The predicted molar refractivity (Wildman–Crippen MR) is 124 cm³/mol. The molecule has 1 fully saturated rings. The van der Waals surface area contributed by atoms with Gasteiger partial charge in [-0.15, -0.1) is 0 Å². The van der Waals surface area contributed by atoms with Gasteiger partial charge in [0, 0.05) is 56.8 Å². The number of alkyl halides is 3. The summed E-state index contributed by atoms with van der Waals surface area (Å²) in [4.78, 5) is 26.2. The molecule has 2 aromatic carbocycles. The fraction of sp³-hybridized carbons (Fsp3) is 0.231. The van der Waals surface area contributed by atoms with Crippen molar-refractivity contribution < 1.29 is 18.0 Å². The van der Waals surface area contributed by atoms with Gasteiger partial charge < -0.3 is 9.47 Å². The summed E-state index contributed by atoms with van der Waals surface area (Å²) in [5.74, 6) is 0.377. The molecule has 174 valence electrons. The van der Waals surface area contributed by atoms with Crippen LogP contribution in [-0.2, 0) is 18.0 Å². The highest BCUT2D eigenvalue weighted by Crippen LogP contribution is 2.34. The summed E-state index contributed by atoms with van der Waals surface area (Å²) in [6, 6.07) is 13.7. The van der Waals surface area contributed by atoms with Crippen molar-refractivity contribution in [3.8, 4) is 16.8 Å². The van der Waals surface area contributed by atoms with Crippen LogP contribution < -0.4 is 5.56 Å². The minimum atomic E-state index is -4.40. The largest absolute Gasteiger partial charge is 0.416 e. The number of aryl methyl sites for hydroxylation is 1. The SMILES string of the molecule is CC(=O)N1CC(c2cn(C)c3cc(-n4ccc(-c5ccc(C(F)(F)F)cc5)cc4=O)ccc23)C1. The summed E-state index contributed by atoms with van der Waals surface area (Å²) in [6.45, 7) is 2.99. The van der Waals surface area contributed by atoms with Crippen LogP contribution in [0.25, 0.3) is 27.7 Å². The zero-order valence-corrected chi connectivity index (χ0v) is 18.6. The Morgan fingerprint density at radius 3 is 2.29 bits per heavy atom. The quantitative estimate of drug-likeness (QED) is 0.429. The van der Waals surface area contributed by atoms with E-state index < -0.39 is 11.7 Å². The van der Waals surface area contributed by atoms with Crippen molar-refractivity contribution in [1.82, 2.24) is 14.0 Å². The second kappa shape index (κ2) is 7.90. The first-order valence-corrected chi connectivity index (χ1v) is 10.9. The summed E-state index contributed by atoms with van der Waals surface area (Å²) in [5, 5.41) is 1.09. The molecular formula is C26H22F3N3O2. The molecule has 2 aromatic heterocycles. The summed E-state index contributed by atoms with van der Waals surface area (Å²) in [6.07, 6.45) is -0.688. The lowest BCUT2D eigenvalue weighted by atomic mass is 9.91. The van der Waals surface area contributed by atoms with Gasteiger partial charge in [0.05, 0.1) is 16.8 Å². The van der Waals surface area contributed by atoms with Gasteiger partial charge in [0.1, 0.15) is 0 Å². The molecule has 5 nitrogen and oxygen atoms in total. The maximum absolute atomic E-state index is 12.9. The van der Waals surface area contributed by atoms with Crippen molar-refractivity contribution in [3.05, 3.63) is 88.5 Å². The van der Waals surface area contributed by atoms with Crippen LogP contribution in [-0.4, -0.2) is 33.0 Å². The highest BCUT2D eigenvalue weighted by Gasteiger charge is 2.32. The van der Waals surface area contributed by atoms with Crippen molar-refractivity contribution in [1.29, 1.82) is 0 Å². The fourth-order valence-corrected chi connectivity index (χ4v) is 4.53. The number of carbonyl (C=O) groups excluding carboxylic acids is 1. The van der Waals surface area contributed by atoms with Gasteiger partial charge in [0.2, 0.25) is 5.91 Å². The molecule has 1 aliphatic heterocycles. The van der Waals surface area contributed by atoms with E-state index in [1.165, 1.54) is 28.3 Å². The van der Waals surface area contributed by atoms with Crippen LogP contribution in [0.2, 0.25) is 0 Å². The molecule has 0 saturated carbocycles. The Morgan fingerprint density at radius 2 is 1.68 bits per heavy atom. The molecule has 1 amide bonds. The molecule has 8 heteroatoms. The van der Waals surface area contributed by atoms with E-state index in [1.54, 1.807) is 19.2 Å². The molecule has 4 aromatic rings. The summed E-state index contributed by atoms with van der Waals surface area (Å²) in [7, 11) is 1.95. The third-order valence-corrected chi connectivity index (χ3v) is 6.52. The number of hydrogen-bond acceptors (Lipinski definition) is 2. The van der Waals surface area contributed by atoms with Crippen molar-refractivity contribution in [2.75, 3.05) is 13.1 Å². The molecule has 1 aliphatic rings. The van der Waals surface area contributed by atoms with Crippen LogP contribution in [0.3, 0.4) is 0 Å². The minimum absolute atomic E-state index is 0.0814. The molecule has 0 aliphatic carbocycles. The average molecular weight is 465 g/mol. The molecule has 0 unspecified atom stereocenters. The van der Waals surface area contributed by atoms with Gasteiger partial charge >= 0.3 is 6.18 Å². The molecule has 5 rings (SSSR count). The van der Waals surface area contributed by atoms with E-state index in [0.29, 0.717) is 35.8 Å². The Bertz CT molecular complexity index is 1460. The highest BCUT2D eigenvalue weighted by molar-refractivity contribution is 5.87. The molecule has 3 heterocycles. The lowest BCUT2D eigenvalue weighted by Gasteiger charge is -2.38. The van der Waals surface area contributed by atoms with Gasteiger partial charge in [-0.2, -0.15) is 13.2 Å². The van der Waals surface area contributed by atoms with Crippen LogP contribution in [0.5, 0.6) is 0 Å². The minimum Gasteiger partial charge on any atom is -0.350 e. The van der Waals surface area contributed by atoms with Gasteiger partial charge in [-0.25, -0.2) is 0 Å². The van der Waals surface area contributed by atoms with E-state index in [9.17, 15) is 22.8 Å². The maximum atomic E-state index is 12.9. The molecule has 0 bridgehead atoms. The van der Waals surface area contributed by atoms with E-state index in [1.807, 2.05) is 34.7 Å². The zero-order chi connectivity index (χ0) is 24.2.